The van der Waals surface area contributed by atoms with Gasteiger partial charge in [0.2, 0.25) is 0 Å². The zero-order valence-electron chi connectivity index (χ0n) is 16.2. The summed E-state index contributed by atoms with van der Waals surface area (Å²) in [6.07, 6.45) is -3.60. The molecule has 0 aliphatic rings. The summed E-state index contributed by atoms with van der Waals surface area (Å²) in [6.45, 7) is 0.227. The molecule has 6 nitrogen and oxygen atoms in total. The first-order chi connectivity index (χ1) is 13.3. The van der Waals surface area contributed by atoms with E-state index in [1.165, 1.54) is 26.0 Å². The fourth-order valence-corrected chi connectivity index (χ4v) is 2.47. The Labute approximate surface area is 165 Å². The van der Waals surface area contributed by atoms with E-state index in [1.54, 1.807) is 0 Å². The molecule has 0 fully saturated rings. The molecule has 0 unspecified atom stereocenters. The second kappa shape index (κ2) is 9.70. The molecule has 0 bridgehead atoms. The summed E-state index contributed by atoms with van der Waals surface area (Å²) in [4.78, 5) is 26.4. The lowest BCUT2D eigenvalue weighted by molar-refractivity contribution is -0.156. The molecule has 0 saturated carbocycles. The van der Waals surface area contributed by atoms with Crippen LogP contribution >= 0.6 is 0 Å². The highest BCUT2D eigenvalue weighted by molar-refractivity contribution is 5.90. The topological polar surface area (TPSA) is 81.1 Å². The molecule has 0 aliphatic carbocycles. The van der Waals surface area contributed by atoms with Gasteiger partial charge in [0.05, 0.1) is 0 Å². The Morgan fingerprint density at radius 1 is 0.821 bits per heavy atom. The summed E-state index contributed by atoms with van der Waals surface area (Å²) in [6, 6.07) is 17.0. The van der Waals surface area contributed by atoms with Crippen LogP contribution < -0.4 is 0 Å². The van der Waals surface area contributed by atoms with E-state index < -0.39 is 24.0 Å². The molecule has 2 aromatic rings. The monoisotopic (exact) mass is 380 g/mol. The number of rotatable bonds is 5. The Morgan fingerprint density at radius 3 is 1.86 bits per heavy atom. The van der Waals surface area contributed by atoms with Crippen molar-refractivity contribution in [2.75, 3.05) is 21.1 Å². The second-order valence-corrected chi connectivity index (χ2v) is 6.63. The number of benzene rings is 2. The molecule has 2 amide bonds. The highest BCUT2D eigenvalue weighted by Crippen LogP contribution is 2.09. The standard InChI is InChI=1S/C22H24N2O4/c1-23(2)21(27)19(25)20(26)22(28)24(3)15-18-13-11-17(12-14-18)10-9-16-7-5-4-6-8-16/h4-8,11-14,19-20,25-26H,15H2,1-3H3/t19-,20-/m1/s1. The van der Waals surface area contributed by atoms with Gasteiger partial charge < -0.3 is 20.0 Å². The van der Waals surface area contributed by atoms with Crippen LogP contribution in [0, 0.1) is 11.8 Å². The van der Waals surface area contributed by atoms with Gasteiger partial charge in [-0.25, -0.2) is 0 Å². The SMILES string of the molecule is CN(C)C(=O)[C@H](O)[C@@H](O)C(=O)N(C)Cc1ccc(C#Cc2ccccc2)cc1. The van der Waals surface area contributed by atoms with Crippen LogP contribution in [0.15, 0.2) is 54.6 Å². The van der Waals surface area contributed by atoms with E-state index in [4.69, 9.17) is 0 Å². The Kier molecular flexibility index (Phi) is 7.33. The molecule has 28 heavy (non-hydrogen) atoms. The van der Waals surface area contributed by atoms with Gasteiger partial charge >= 0.3 is 0 Å². The fraction of sp³-hybridized carbons (Fsp3) is 0.273. The van der Waals surface area contributed by atoms with E-state index >= 15 is 0 Å². The van der Waals surface area contributed by atoms with E-state index in [2.05, 4.69) is 11.8 Å². The van der Waals surface area contributed by atoms with Crippen molar-refractivity contribution in [3.63, 3.8) is 0 Å². The van der Waals surface area contributed by atoms with Gasteiger partial charge in [-0.1, -0.05) is 42.2 Å². The minimum atomic E-state index is -1.81. The molecule has 2 rings (SSSR count). The normalized spacial score (nSPS) is 12.3. The van der Waals surface area contributed by atoms with E-state index in [9.17, 15) is 19.8 Å². The third-order valence-corrected chi connectivity index (χ3v) is 4.12. The number of hydrogen-bond acceptors (Lipinski definition) is 4. The average molecular weight is 380 g/mol. The number of aliphatic hydroxyl groups is 2. The largest absolute Gasteiger partial charge is 0.380 e. The number of carbonyl (C=O) groups excluding carboxylic acids is 2. The Hall–Kier alpha value is -3.14. The number of likely N-dealkylation sites (N-methyl/N-ethyl adjacent to an activating group) is 2. The van der Waals surface area contributed by atoms with Gasteiger partial charge in [-0.05, 0) is 29.8 Å². The van der Waals surface area contributed by atoms with Crippen LogP contribution in [0.1, 0.15) is 16.7 Å². The molecule has 146 valence electrons. The highest BCUT2D eigenvalue weighted by atomic mass is 16.3. The Bertz CT molecular complexity index is 867. The summed E-state index contributed by atoms with van der Waals surface area (Å²) in [5, 5.41) is 19.8. The number of amides is 2. The maximum Gasteiger partial charge on any atom is 0.254 e. The first-order valence-electron chi connectivity index (χ1n) is 8.78. The number of aliphatic hydroxyl groups excluding tert-OH is 2. The van der Waals surface area contributed by atoms with Crippen LogP contribution in [0.2, 0.25) is 0 Å². The van der Waals surface area contributed by atoms with Crippen LogP contribution in [0.5, 0.6) is 0 Å². The highest BCUT2D eigenvalue weighted by Gasteiger charge is 2.33. The van der Waals surface area contributed by atoms with Gasteiger partial charge in [-0.3, -0.25) is 9.59 Å². The predicted molar refractivity (Wildman–Crippen MR) is 106 cm³/mol. The summed E-state index contributed by atoms with van der Waals surface area (Å²) in [5.74, 6) is 4.70. The smallest absolute Gasteiger partial charge is 0.254 e. The minimum Gasteiger partial charge on any atom is -0.380 e. The van der Waals surface area contributed by atoms with Crippen molar-refractivity contribution in [1.82, 2.24) is 9.80 Å². The molecule has 0 aliphatic heterocycles. The van der Waals surface area contributed by atoms with Gasteiger partial charge in [0, 0.05) is 38.8 Å². The average Bonchev–Trinajstić information content (AvgIpc) is 2.71. The quantitative estimate of drug-likeness (QED) is 0.754. The molecule has 0 aromatic heterocycles. The molecule has 0 saturated heterocycles. The Morgan fingerprint density at radius 2 is 1.32 bits per heavy atom. The molecule has 0 heterocycles. The molecular weight excluding hydrogens is 356 g/mol. The lowest BCUT2D eigenvalue weighted by Crippen LogP contribution is -2.49. The van der Waals surface area contributed by atoms with Crippen molar-refractivity contribution in [3.05, 3.63) is 71.3 Å². The first-order valence-corrected chi connectivity index (χ1v) is 8.78. The Balaban J connectivity index is 1.98. The van der Waals surface area contributed by atoms with Crippen LogP contribution in [-0.4, -0.2) is 65.2 Å². The van der Waals surface area contributed by atoms with Gasteiger partial charge in [-0.15, -0.1) is 0 Å². The molecule has 0 spiro atoms. The third kappa shape index (κ3) is 5.68. The van der Waals surface area contributed by atoms with E-state index in [0.717, 1.165) is 21.6 Å². The van der Waals surface area contributed by atoms with Crippen molar-refractivity contribution in [1.29, 1.82) is 0 Å². The van der Waals surface area contributed by atoms with Crippen LogP contribution in [0.25, 0.3) is 0 Å². The summed E-state index contributed by atoms with van der Waals surface area (Å²) < 4.78 is 0. The molecule has 2 aromatic carbocycles. The van der Waals surface area contributed by atoms with Gasteiger partial charge in [-0.2, -0.15) is 0 Å². The molecule has 2 atom stereocenters. The van der Waals surface area contributed by atoms with E-state index in [0.29, 0.717) is 0 Å². The molecule has 6 heteroatoms. The van der Waals surface area contributed by atoms with Crippen molar-refractivity contribution < 1.29 is 19.8 Å². The number of carbonyl (C=O) groups is 2. The van der Waals surface area contributed by atoms with Gasteiger partial charge in [0.15, 0.2) is 12.2 Å². The van der Waals surface area contributed by atoms with E-state index in [1.807, 2.05) is 54.6 Å². The molecular formula is C22H24N2O4. The lowest BCUT2D eigenvalue weighted by atomic mass is 10.1. The molecule has 2 N–H and O–H groups in total. The summed E-state index contributed by atoms with van der Waals surface area (Å²) >= 11 is 0. The third-order valence-electron chi connectivity index (χ3n) is 4.12. The first kappa shape index (κ1) is 21.2. The van der Waals surface area contributed by atoms with E-state index in [-0.39, 0.29) is 6.54 Å². The van der Waals surface area contributed by atoms with Gasteiger partial charge in [0.25, 0.3) is 11.8 Å². The summed E-state index contributed by atoms with van der Waals surface area (Å²) in [7, 11) is 4.38. The fourth-order valence-electron chi connectivity index (χ4n) is 2.47. The minimum absolute atomic E-state index is 0.227. The summed E-state index contributed by atoms with van der Waals surface area (Å²) in [5.41, 5.74) is 2.60. The zero-order valence-corrected chi connectivity index (χ0v) is 16.2. The maximum atomic E-state index is 12.3. The van der Waals surface area contributed by atoms with Crippen LogP contribution in [-0.2, 0) is 16.1 Å². The predicted octanol–water partition coefficient (Wildman–Crippen LogP) is 0.855. The number of nitrogens with zero attached hydrogens (tertiary/aromatic N) is 2. The second-order valence-electron chi connectivity index (χ2n) is 6.63. The van der Waals surface area contributed by atoms with Crippen LogP contribution in [0.4, 0.5) is 0 Å². The van der Waals surface area contributed by atoms with Gasteiger partial charge in [0.1, 0.15) is 0 Å². The lowest BCUT2D eigenvalue weighted by Gasteiger charge is -2.24. The van der Waals surface area contributed by atoms with Crippen molar-refractivity contribution >= 4 is 11.8 Å². The van der Waals surface area contributed by atoms with Crippen LogP contribution in [0.3, 0.4) is 0 Å². The van der Waals surface area contributed by atoms with Crippen molar-refractivity contribution in [2.45, 2.75) is 18.8 Å². The maximum absolute atomic E-state index is 12.3. The van der Waals surface area contributed by atoms with Crippen molar-refractivity contribution in [3.8, 4) is 11.8 Å². The van der Waals surface area contributed by atoms with Crippen molar-refractivity contribution in [2.24, 2.45) is 0 Å². The number of hydrogen-bond donors (Lipinski definition) is 2. The zero-order chi connectivity index (χ0) is 20.7. The molecule has 0 radical (unpaired) electrons.